The summed E-state index contributed by atoms with van der Waals surface area (Å²) in [5.74, 6) is 0. The second kappa shape index (κ2) is 11.5. The molecule has 4 aromatic carbocycles. The molecule has 0 unspecified atom stereocenters. The molecule has 0 aliphatic carbocycles. The Balaban J connectivity index is 0.000000514. The first-order valence-corrected chi connectivity index (χ1v) is 12.7. The van der Waals surface area contributed by atoms with Crippen LogP contribution in [0.3, 0.4) is 0 Å². The standard InChI is InChI=1S/C24H20P.BrH.H3O4P/c1-5-13-21(14-6-1)25(22-15-7-2-8-16-22,23-17-9-3-10-18-23)24-19-11-4-12-20-24;;1-5(2,3)4/h1-20H;1H;(H3,1,2,3,4)/q+1;;/p-1. The van der Waals surface area contributed by atoms with E-state index in [4.69, 9.17) is 19.2 Å². The highest BCUT2D eigenvalue weighted by atomic mass is 79.9. The summed E-state index contributed by atoms with van der Waals surface area (Å²) in [6, 6.07) is 43.8. The first-order valence-electron chi connectivity index (χ1n) is 9.32. The van der Waals surface area contributed by atoms with Crippen LogP contribution in [-0.4, -0.2) is 14.7 Å². The molecule has 0 atom stereocenters. The van der Waals surface area contributed by atoms with E-state index < -0.39 is 15.1 Å². The zero-order chi connectivity index (χ0) is 21.5. The van der Waals surface area contributed by atoms with Crippen LogP contribution in [0, 0.1) is 0 Å². The maximum atomic E-state index is 8.88. The van der Waals surface area contributed by atoms with Crippen LogP contribution >= 0.6 is 15.1 Å². The van der Waals surface area contributed by atoms with E-state index in [-0.39, 0.29) is 17.0 Å². The highest BCUT2D eigenvalue weighted by Gasteiger charge is 2.47. The van der Waals surface area contributed by atoms with Gasteiger partial charge in [0, 0.05) is 0 Å². The number of phosphoric acid groups is 1. The van der Waals surface area contributed by atoms with Gasteiger partial charge >= 0.3 is 7.82 Å². The fraction of sp³-hybridized carbons (Fsp3) is 0. The Morgan fingerprint density at radius 2 is 0.613 bits per heavy atom. The zero-order valence-corrected chi connectivity index (χ0v) is 19.9. The maximum Gasteiger partial charge on any atom is 0.466 e. The molecular weight excluding hydrogens is 494 g/mol. The third-order valence-electron chi connectivity index (χ3n) is 4.57. The SMILES string of the molecule is O=P(O)(O)O.[Br-].c1ccc([P+](c2ccccc2)(c2ccccc2)c2ccccc2)cc1. The third kappa shape index (κ3) is 6.44. The lowest BCUT2D eigenvalue weighted by Gasteiger charge is -2.27. The van der Waals surface area contributed by atoms with E-state index in [1.54, 1.807) is 0 Å². The van der Waals surface area contributed by atoms with Crippen LogP contribution in [0.1, 0.15) is 0 Å². The lowest BCUT2D eigenvalue weighted by Crippen LogP contribution is -3.00. The average Bonchev–Trinajstić information content (AvgIpc) is 2.76. The molecule has 0 saturated carbocycles. The van der Waals surface area contributed by atoms with Gasteiger partial charge in [-0.2, -0.15) is 0 Å². The summed E-state index contributed by atoms with van der Waals surface area (Å²) in [7, 11) is -6.54. The van der Waals surface area contributed by atoms with Gasteiger partial charge in [-0.05, 0) is 48.5 Å². The molecule has 31 heavy (non-hydrogen) atoms. The van der Waals surface area contributed by atoms with Gasteiger partial charge < -0.3 is 31.7 Å². The Bertz CT molecular complexity index is 918. The fourth-order valence-corrected chi connectivity index (χ4v) is 7.77. The average molecular weight is 517 g/mol. The normalized spacial score (nSPS) is 10.9. The molecule has 0 aromatic heterocycles. The molecule has 0 spiro atoms. The van der Waals surface area contributed by atoms with E-state index in [2.05, 4.69) is 121 Å². The van der Waals surface area contributed by atoms with Crippen molar-refractivity contribution in [2.24, 2.45) is 0 Å². The summed E-state index contributed by atoms with van der Waals surface area (Å²) in [5.41, 5.74) is 0. The first kappa shape index (κ1) is 25.2. The molecule has 4 rings (SSSR count). The predicted molar refractivity (Wildman–Crippen MR) is 125 cm³/mol. The lowest BCUT2D eigenvalue weighted by atomic mass is 10.3. The molecule has 160 valence electrons. The summed E-state index contributed by atoms with van der Waals surface area (Å²) >= 11 is 0. The molecule has 0 fully saturated rings. The van der Waals surface area contributed by atoms with E-state index in [9.17, 15) is 0 Å². The van der Waals surface area contributed by atoms with Crippen molar-refractivity contribution >= 4 is 36.3 Å². The Morgan fingerprint density at radius 3 is 0.774 bits per heavy atom. The van der Waals surface area contributed by atoms with Crippen LogP contribution in [0.4, 0.5) is 0 Å². The van der Waals surface area contributed by atoms with Crippen molar-refractivity contribution in [1.82, 2.24) is 0 Å². The van der Waals surface area contributed by atoms with Gasteiger partial charge in [0.05, 0.1) is 0 Å². The largest absolute Gasteiger partial charge is 1.00 e. The smallest absolute Gasteiger partial charge is 0.466 e. The van der Waals surface area contributed by atoms with Gasteiger partial charge in [-0.25, -0.2) is 4.57 Å². The van der Waals surface area contributed by atoms with Crippen LogP contribution < -0.4 is 38.2 Å². The summed E-state index contributed by atoms with van der Waals surface area (Å²) in [4.78, 5) is 21.6. The number of hydrogen-bond acceptors (Lipinski definition) is 1. The van der Waals surface area contributed by atoms with Crippen LogP contribution in [0.2, 0.25) is 0 Å². The molecule has 0 aliphatic heterocycles. The summed E-state index contributed by atoms with van der Waals surface area (Å²) in [6.07, 6.45) is 0. The topological polar surface area (TPSA) is 77.8 Å². The fourth-order valence-electron chi connectivity index (χ4n) is 3.50. The van der Waals surface area contributed by atoms with E-state index in [1.165, 1.54) is 21.2 Å². The third-order valence-corrected chi connectivity index (χ3v) is 8.86. The molecule has 4 aromatic rings. The number of hydrogen-bond donors (Lipinski definition) is 3. The van der Waals surface area contributed by atoms with Gasteiger partial charge in [-0.15, -0.1) is 0 Å². The minimum Gasteiger partial charge on any atom is -1.00 e. The van der Waals surface area contributed by atoms with Crippen molar-refractivity contribution < 1.29 is 36.2 Å². The minimum absolute atomic E-state index is 0. The molecule has 3 N–H and O–H groups in total. The molecule has 7 heteroatoms. The van der Waals surface area contributed by atoms with Gasteiger partial charge in [0.15, 0.2) is 0 Å². The van der Waals surface area contributed by atoms with Crippen molar-refractivity contribution in [3.63, 3.8) is 0 Å². The first-order chi connectivity index (χ1) is 14.4. The van der Waals surface area contributed by atoms with E-state index in [0.717, 1.165) is 0 Å². The Hall–Kier alpha value is -2.10. The second-order valence-corrected chi connectivity index (χ2v) is 11.0. The van der Waals surface area contributed by atoms with Crippen molar-refractivity contribution in [2.75, 3.05) is 0 Å². The van der Waals surface area contributed by atoms with Crippen molar-refractivity contribution in [3.05, 3.63) is 121 Å². The van der Waals surface area contributed by atoms with E-state index in [0.29, 0.717) is 0 Å². The lowest BCUT2D eigenvalue weighted by molar-refractivity contribution is -0.0000149. The van der Waals surface area contributed by atoms with Crippen LogP contribution in [0.15, 0.2) is 121 Å². The Morgan fingerprint density at radius 1 is 0.452 bits per heavy atom. The quantitative estimate of drug-likeness (QED) is 0.343. The van der Waals surface area contributed by atoms with Crippen LogP contribution in [-0.2, 0) is 4.57 Å². The van der Waals surface area contributed by atoms with Crippen molar-refractivity contribution in [1.29, 1.82) is 0 Å². The maximum absolute atomic E-state index is 8.88. The highest BCUT2D eigenvalue weighted by Crippen LogP contribution is 2.53. The number of rotatable bonds is 4. The highest BCUT2D eigenvalue weighted by molar-refractivity contribution is 8.01. The minimum atomic E-state index is -4.64. The molecular formula is C24H23BrO4P2. The monoisotopic (exact) mass is 516 g/mol. The Labute approximate surface area is 193 Å². The van der Waals surface area contributed by atoms with E-state index >= 15 is 0 Å². The Kier molecular flexibility index (Phi) is 9.33. The van der Waals surface area contributed by atoms with Crippen LogP contribution in [0.5, 0.6) is 0 Å². The second-order valence-electron chi connectivity index (χ2n) is 6.53. The number of halogens is 1. The van der Waals surface area contributed by atoms with Gasteiger partial charge in [0.1, 0.15) is 28.5 Å². The summed E-state index contributed by atoms with van der Waals surface area (Å²) in [5, 5.41) is 5.55. The molecule has 0 aliphatic rings. The molecule has 0 saturated heterocycles. The zero-order valence-electron chi connectivity index (χ0n) is 16.6. The molecule has 4 nitrogen and oxygen atoms in total. The summed E-state index contributed by atoms with van der Waals surface area (Å²) in [6.45, 7) is 0. The molecule has 0 amide bonds. The van der Waals surface area contributed by atoms with Crippen LogP contribution in [0.25, 0.3) is 0 Å². The molecule has 0 heterocycles. The van der Waals surface area contributed by atoms with Crippen molar-refractivity contribution in [2.45, 2.75) is 0 Å². The molecule has 0 radical (unpaired) electrons. The number of benzene rings is 4. The van der Waals surface area contributed by atoms with Gasteiger partial charge in [0.2, 0.25) is 0 Å². The summed E-state index contributed by atoms with van der Waals surface area (Å²) < 4.78 is 8.88. The van der Waals surface area contributed by atoms with Crippen molar-refractivity contribution in [3.8, 4) is 0 Å². The van der Waals surface area contributed by atoms with Gasteiger partial charge in [-0.3, -0.25) is 0 Å². The van der Waals surface area contributed by atoms with Gasteiger partial charge in [-0.1, -0.05) is 72.8 Å². The molecule has 0 bridgehead atoms. The predicted octanol–water partition coefficient (Wildman–Crippen LogP) is 0.381. The van der Waals surface area contributed by atoms with E-state index in [1.807, 2.05) is 0 Å². The van der Waals surface area contributed by atoms with Gasteiger partial charge in [0.25, 0.3) is 0 Å².